The van der Waals surface area contributed by atoms with Crippen LogP contribution in [0.3, 0.4) is 0 Å². The van der Waals surface area contributed by atoms with Crippen molar-refractivity contribution in [2.75, 3.05) is 50.8 Å². The fourth-order valence-corrected chi connectivity index (χ4v) is 9.54. The first-order chi connectivity index (χ1) is 29.1. The Morgan fingerprint density at radius 3 is 2.48 bits per heavy atom. The summed E-state index contributed by atoms with van der Waals surface area (Å²) in [5, 5.41) is 18.7. The number of aromatic amines is 1. The van der Waals surface area contributed by atoms with Crippen LogP contribution in [-0.2, 0) is 14.8 Å². The summed E-state index contributed by atoms with van der Waals surface area (Å²) in [4.78, 5) is 22.4. The molecule has 5 aromatic rings. The van der Waals surface area contributed by atoms with Gasteiger partial charge in [0.1, 0.15) is 21.4 Å². The number of carbonyl (C=O) groups excluding carboxylic acids is 1. The molecule has 0 radical (unpaired) electrons. The zero-order valence-corrected chi connectivity index (χ0v) is 36.7. The zero-order valence-electron chi connectivity index (χ0n) is 34.4. The lowest BCUT2D eigenvalue weighted by molar-refractivity contribution is -0.0101. The molecule has 2 aliphatic heterocycles. The van der Waals surface area contributed by atoms with E-state index in [2.05, 4.69) is 55.7 Å². The highest BCUT2D eigenvalue weighted by Crippen LogP contribution is 2.38. The van der Waals surface area contributed by atoms with Gasteiger partial charge in [-0.1, -0.05) is 41.4 Å². The molecule has 1 aliphatic carbocycles. The summed E-state index contributed by atoms with van der Waals surface area (Å²) in [6.45, 7) is 10.7. The first-order valence-corrected chi connectivity index (χ1v) is 22.8. The second kappa shape index (κ2) is 17.6. The number of benzene rings is 3. The van der Waals surface area contributed by atoms with Gasteiger partial charge in [-0.05, 0) is 112 Å². The van der Waals surface area contributed by atoms with Crippen molar-refractivity contribution in [1.82, 2.24) is 24.8 Å². The number of amides is 1. The van der Waals surface area contributed by atoms with E-state index >= 15 is 0 Å². The monoisotopic (exact) mass is 888 g/mol. The molecule has 8 rings (SSSR count). The van der Waals surface area contributed by atoms with E-state index in [1.165, 1.54) is 17.2 Å². The van der Waals surface area contributed by atoms with Crippen LogP contribution in [0.5, 0.6) is 17.4 Å². The summed E-state index contributed by atoms with van der Waals surface area (Å²) < 4.78 is 47.9. The minimum absolute atomic E-state index is 0.00504. The van der Waals surface area contributed by atoms with Gasteiger partial charge in [-0.25, -0.2) is 18.1 Å². The number of hydrogen-bond donors (Lipinski definition) is 3. The van der Waals surface area contributed by atoms with Gasteiger partial charge in [0.2, 0.25) is 5.88 Å². The number of hydrogen-bond acceptors (Lipinski definition) is 11. The molecule has 322 valence electrons. The highest BCUT2D eigenvalue weighted by molar-refractivity contribution is 7.90. The highest BCUT2D eigenvalue weighted by atomic mass is 35.5. The van der Waals surface area contributed by atoms with Crippen LogP contribution >= 0.6 is 23.2 Å². The van der Waals surface area contributed by atoms with Crippen LogP contribution in [0.15, 0.2) is 89.6 Å². The minimum Gasteiger partial charge on any atom is -0.476 e. The molecular weight excluding hydrogens is 840 g/mol. The van der Waals surface area contributed by atoms with Gasteiger partial charge >= 0.3 is 0 Å². The van der Waals surface area contributed by atoms with Crippen molar-refractivity contribution < 1.29 is 32.5 Å². The number of halogens is 2. The average Bonchev–Trinajstić information content (AvgIpc) is 3.72. The zero-order chi connectivity index (χ0) is 42.9. The SMILES string of the molecule is CC1(C)CC(c2ccc(Cl)cc2)=C(CN2CCN(c3ccc(C(=O)NS(=O)(=O)c4cnc(OC[C@H]5CC[C@@](C)(O)CC5)c(Cl)c4)c(Oc4cccc5[nH]ncc45)c3)CC2)CO1. The summed E-state index contributed by atoms with van der Waals surface area (Å²) >= 11 is 12.7. The van der Waals surface area contributed by atoms with Gasteiger partial charge in [0.25, 0.3) is 15.9 Å². The van der Waals surface area contributed by atoms with E-state index < -0.39 is 21.5 Å². The van der Waals surface area contributed by atoms with E-state index in [-0.39, 0.29) is 38.6 Å². The molecule has 1 amide bonds. The third-order valence-electron chi connectivity index (χ3n) is 11.8. The lowest BCUT2D eigenvalue weighted by Gasteiger charge is -2.39. The Bertz CT molecular complexity index is 2540. The molecular formula is C45H50Cl2N6O7S. The number of carbonyl (C=O) groups is 1. The molecule has 13 nitrogen and oxygen atoms in total. The molecule has 4 heterocycles. The number of nitrogens with zero attached hydrogens (tertiary/aromatic N) is 4. The van der Waals surface area contributed by atoms with Crippen molar-refractivity contribution in [2.45, 2.75) is 69.0 Å². The first kappa shape index (κ1) is 43.0. The summed E-state index contributed by atoms with van der Waals surface area (Å²) in [6, 6.07) is 19.8. The summed E-state index contributed by atoms with van der Waals surface area (Å²) in [5.74, 6) is 0.0361. The van der Waals surface area contributed by atoms with Gasteiger partial charge in [0, 0.05) is 55.9 Å². The van der Waals surface area contributed by atoms with Crippen LogP contribution in [0, 0.1) is 5.92 Å². The minimum atomic E-state index is -4.42. The molecule has 2 fully saturated rings. The van der Waals surface area contributed by atoms with Gasteiger partial charge < -0.3 is 24.2 Å². The quantitative estimate of drug-likeness (QED) is 0.111. The number of pyridine rings is 1. The van der Waals surface area contributed by atoms with E-state index in [0.717, 1.165) is 61.9 Å². The summed E-state index contributed by atoms with van der Waals surface area (Å²) in [6.07, 6.45) is 6.49. The number of H-pyrrole nitrogens is 1. The van der Waals surface area contributed by atoms with Crippen LogP contribution in [0.25, 0.3) is 16.5 Å². The van der Waals surface area contributed by atoms with E-state index in [1.54, 1.807) is 36.5 Å². The van der Waals surface area contributed by atoms with Crippen molar-refractivity contribution in [3.63, 3.8) is 0 Å². The van der Waals surface area contributed by atoms with Crippen molar-refractivity contribution in [1.29, 1.82) is 0 Å². The van der Waals surface area contributed by atoms with Crippen LogP contribution in [-0.4, -0.2) is 96.7 Å². The normalized spacial score (nSPS) is 21.1. The maximum atomic E-state index is 13.9. The molecule has 0 spiro atoms. The van der Waals surface area contributed by atoms with Crippen molar-refractivity contribution >= 4 is 61.3 Å². The van der Waals surface area contributed by atoms with E-state index in [1.807, 2.05) is 25.1 Å². The molecule has 3 aromatic carbocycles. The Labute approximate surface area is 366 Å². The van der Waals surface area contributed by atoms with E-state index in [9.17, 15) is 18.3 Å². The molecule has 3 aliphatic rings. The number of fused-ring (bicyclic) bond motifs is 1. The summed E-state index contributed by atoms with van der Waals surface area (Å²) in [7, 11) is -4.42. The number of piperazine rings is 1. The van der Waals surface area contributed by atoms with Gasteiger partial charge in [-0.3, -0.25) is 14.8 Å². The number of sulfonamides is 1. The van der Waals surface area contributed by atoms with Gasteiger partial charge in [0.05, 0.1) is 53.3 Å². The highest BCUT2D eigenvalue weighted by Gasteiger charge is 2.32. The summed E-state index contributed by atoms with van der Waals surface area (Å²) in [5.41, 5.74) is 4.37. The molecule has 0 unspecified atom stereocenters. The molecule has 16 heteroatoms. The third kappa shape index (κ3) is 10.2. The average molecular weight is 890 g/mol. The first-order valence-electron chi connectivity index (χ1n) is 20.5. The van der Waals surface area contributed by atoms with Crippen LogP contribution in [0.2, 0.25) is 10.0 Å². The van der Waals surface area contributed by atoms with Gasteiger partial charge in [0.15, 0.2) is 0 Å². The number of aliphatic hydroxyl groups is 1. The Morgan fingerprint density at radius 2 is 1.74 bits per heavy atom. The Hall–Kier alpha value is -4.70. The van der Waals surface area contributed by atoms with Crippen LogP contribution in [0.4, 0.5) is 5.69 Å². The van der Waals surface area contributed by atoms with Gasteiger partial charge in [-0.15, -0.1) is 0 Å². The molecule has 0 atom stereocenters. The number of anilines is 1. The Balaban J connectivity index is 0.981. The predicted molar refractivity (Wildman–Crippen MR) is 236 cm³/mol. The second-order valence-electron chi connectivity index (χ2n) is 17.1. The molecule has 1 saturated carbocycles. The number of aromatic nitrogens is 3. The largest absolute Gasteiger partial charge is 0.476 e. The van der Waals surface area contributed by atoms with Crippen molar-refractivity contribution in [2.24, 2.45) is 5.92 Å². The Kier molecular flexibility index (Phi) is 12.4. The predicted octanol–water partition coefficient (Wildman–Crippen LogP) is 8.27. The van der Waals surface area contributed by atoms with E-state index in [0.29, 0.717) is 55.3 Å². The van der Waals surface area contributed by atoms with E-state index in [4.69, 9.17) is 37.4 Å². The molecule has 0 bridgehead atoms. The van der Waals surface area contributed by atoms with Crippen molar-refractivity contribution in [3.05, 3.63) is 106 Å². The number of ether oxygens (including phenoxy) is 3. The molecule has 2 aromatic heterocycles. The fraction of sp³-hybridized carbons (Fsp3) is 0.400. The topological polar surface area (TPSA) is 159 Å². The maximum Gasteiger partial charge on any atom is 0.268 e. The molecule has 1 saturated heterocycles. The number of nitrogens with one attached hydrogen (secondary N) is 2. The second-order valence-corrected chi connectivity index (χ2v) is 19.6. The maximum absolute atomic E-state index is 13.9. The smallest absolute Gasteiger partial charge is 0.268 e. The number of rotatable bonds is 12. The van der Waals surface area contributed by atoms with Gasteiger partial charge in [-0.2, -0.15) is 5.10 Å². The Morgan fingerprint density at radius 1 is 0.984 bits per heavy atom. The molecule has 61 heavy (non-hydrogen) atoms. The molecule has 3 N–H and O–H groups in total. The standard InChI is InChI=1S/C45H50Cl2N6O7S/c1-44(2)23-36(30-7-9-32(46)10-8-30)31(28-59-44)26-52-17-19-53(20-18-52)33-11-12-35(41(21-33)60-40-6-4-5-39-37(40)25-49-50-39)42(54)51-61(56,57)34-22-38(47)43(48-24-34)58-27-29-13-15-45(3,55)16-14-29/h4-12,21-22,24-25,29,55H,13-20,23,26-28H2,1-3H3,(H,49,50)(H,51,54)/t29-,45+. The van der Waals surface area contributed by atoms with Crippen LogP contribution in [0.1, 0.15) is 68.8 Å². The third-order valence-corrected chi connectivity index (χ3v) is 13.7. The van der Waals surface area contributed by atoms with Crippen LogP contribution < -0.4 is 19.1 Å². The van der Waals surface area contributed by atoms with Crippen molar-refractivity contribution in [3.8, 4) is 17.4 Å². The lowest BCUT2D eigenvalue weighted by Crippen LogP contribution is -2.47. The fourth-order valence-electron chi connectivity index (χ4n) is 8.19. The lowest BCUT2D eigenvalue weighted by atomic mass is 9.80.